The molecule has 1 N–H and O–H groups in total. The summed E-state index contributed by atoms with van der Waals surface area (Å²) in [6, 6.07) is 19.1. The Balaban J connectivity index is 1.52. The molecule has 0 radical (unpaired) electrons. The Morgan fingerprint density at radius 3 is 2.54 bits per heavy atom. The predicted octanol–water partition coefficient (Wildman–Crippen LogP) is 2.89. The fraction of sp³-hybridized carbons (Fsp3) is 0.318. The summed E-state index contributed by atoms with van der Waals surface area (Å²) in [6.07, 6.45) is 2.95. The molecule has 0 spiro atoms. The number of aromatic nitrogens is 1. The van der Waals surface area contributed by atoms with Gasteiger partial charge in [-0.2, -0.15) is 0 Å². The maximum Gasteiger partial charge on any atom is 0.255 e. The van der Waals surface area contributed by atoms with E-state index in [1.807, 2.05) is 24.4 Å². The second-order valence-electron chi connectivity index (χ2n) is 7.25. The van der Waals surface area contributed by atoms with Crippen LogP contribution in [-0.2, 0) is 13.0 Å². The molecule has 1 unspecified atom stereocenters. The van der Waals surface area contributed by atoms with Gasteiger partial charge in [-0.1, -0.05) is 48.5 Å². The molecule has 1 aliphatic heterocycles. The first-order valence-electron chi connectivity index (χ1n) is 9.26. The van der Waals surface area contributed by atoms with Crippen molar-refractivity contribution < 1.29 is 0 Å². The Labute approximate surface area is 154 Å². The fourth-order valence-corrected chi connectivity index (χ4v) is 3.90. The number of fused-ring (bicyclic) bond motifs is 1. The minimum Gasteiger partial charge on any atom is -0.328 e. The minimum absolute atomic E-state index is 0.00955. The highest BCUT2D eigenvalue weighted by atomic mass is 16.1. The average Bonchev–Trinajstić information content (AvgIpc) is 2.68. The summed E-state index contributed by atoms with van der Waals surface area (Å²) >= 11 is 0. The highest BCUT2D eigenvalue weighted by Crippen LogP contribution is 2.19. The number of pyridine rings is 1. The van der Waals surface area contributed by atoms with Crippen molar-refractivity contribution in [3.05, 3.63) is 82.3 Å². The maximum atomic E-state index is 12.0. The number of likely N-dealkylation sites (N-methyl/N-ethyl adjacent to an activating group) is 1. The van der Waals surface area contributed by atoms with Crippen LogP contribution in [0.3, 0.4) is 0 Å². The van der Waals surface area contributed by atoms with E-state index in [-0.39, 0.29) is 5.56 Å². The van der Waals surface area contributed by atoms with Crippen LogP contribution in [0.15, 0.2) is 65.6 Å². The molecule has 26 heavy (non-hydrogen) atoms. The van der Waals surface area contributed by atoms with Crippen LogP contribution in [0.5, 0.6) is 0 Å². The van der Waals surface area contributed by atoms with Crippen LogP contribution in [0.1, 0.15) is 11.1 Å². The molecule has 1 aromatic heterocycles. The molecule has 1 atom stereocenters. The maximum absolute atomic E-state index is 12.0. The number of hydrogen-bond acceptors (Lipinski definition) is 3. The second kappa shape index (κ2) is 7.44. The van der Waals surface area contributed by atoms with E-state index in [1.54, 1.807) is 0 Å². The number of nitrogens with one attached hydrogen (secondary N) is 1. The Kier molecular flexibility index (Phi) is 4.87. The number of nitrogens with zero attached hydrogens (tertiary/aromatic N) is 2. The van der Waals surface area contributed by atoms with Gasteiger partial charge in [0.1, 0.15) is 0 Å². The molecule has 2 aromatic carbocycles. The van der Waals surface area contributed by atoms with Crippen molar-refractivity contribution in [1.82, 2.24) is 14.8 Å². The van der Waals surface area contributed by atoms with Gasteiger partial charge in [0.2, 0.25) is 0 Å². The molecular weight excluding hydrogens is 322 g/mol. The smallest absolute Gasteiger partial charge is 0.255 e. The third kappa shape index (κ3) is 3.57. The zero-order valence-corrected chi connectivity index (χ0v) is 15.2. The van der Waals surface area contributed by atoms with Crippen LogP contribution >= 0.6 is 0 Å². The summed E-state index contributed by atoms with van der Waals surface area (Å²) in [5.41, 5.74) is 2.58. The average molecular weight is 347 g/mol. The molecule has 0 amide bonds. The third-order valence-electron chi connectivity index (χ3n) is 5.46. The monoisotopic (exact) mass is 347 g/mol. The molecule has 2 heterocycles. The molecule has 1 saturated heterocycles. The van der Waals surface area contributed by atoms with Gasteiger partial charge in [0, 0.05) is 43.8 Å². The lowest BCUT2D eigenvalue weighted by Gasteiger charge is -2.39. The van der Waals surface area contributed by atoms with Crippen LogP contribution in [0.25, 0.3) is 10.8 Å². The quantitative estimate of drug-likeness (QED) is 0.789. The first kappa shape index (κ1) is 17.0. The number of benzene rings is 2. The van der Waals surface area contributed by atoms with Crippen LogP contribution in [0.2, 0.25) is 0 Å². The topological polar surface area (TPSA) is 39.3 Å². The van der Waals surface area contributed by atoms with Crippen LogP contribution in [0, 0.1) is 0 Å². The molecule has 1 fully saturated rings. The summed E-state index contributed by atoms with van der Waals surface area (Å²) in [5, 5.41) is 1.84. The van der Waals surface area contributed by atoms with Crippen LogP contribution < -0.4 is 5.56 Å². The summed E-state index contributed by atoms with van der Waals surface area (Å²) < 4.78 is 0. The molecule has 0 bridgehead atoms. The van der Waals surface area contributed by atoms with Crippen molar-refractivity contribution in [3.63, 3.8) is 0 Å². The van der Waals surface area contributed by atoms with Crippen molar-refractivity contribution >= 4 is 10.8 Å². The molecule has 3 aromatic rings. The number of rotatable bonds is 4. The molecule has 0 aliphatic carbocycles. The van der Waals surface area contributed by atoms with Crippen molar-refractivity contribution in [3.8, 4) is 0 Å². The van der Waals surface area contributed by atoms with E-state index in [0.717, 1.165) is 43.4 Å². The van der Waals surface area contributed by atoms with Gasteiger partial charge in [-0.05, 0) is 36.0 Å². The van der Waals surface area contributed by atoms with Gasteiger partial charge in [0.25, 0.3) is 5.56 Å². The standard InChI is InChI=1S/C22H25N3O/c1-24-11-12-25(16-19(24)13-17-7-3-2-4-8-17)15-18-14-23-22(26)21-10-6-5-9-20(18)21/h2-10,14,19H,11-13,15-16H2,1H3,(H,23,26). The van der Waals surface area contributed by atoms with Crippen LogP contribution in [0.4, 0.5) is 0 Å². The molecule has 4 heteroatoms. The molecule has 134 valence electrons. The van der Waals surface area contributed by atoms with Gasteiger partial charge in [0.15, 0.2) is 0 Å². The van der Waals surface area contributed by atoms with E-state index in [0.29, 0.717) is 6.04 Å². The fourth-order valence-electron chi connectivity index (χ4n) is 3.90. The number of piperazine rings is 1. The largest absolute Gasteiger partial charge is 0.328 e. The first-order chi connectivity index (χ1) is 12.7. The SMILES string of the molecule is CN1CCN(Cc2c[nH]c(=O)c3ccccc23)CC1Cc1ccccc1. The lowest BCUT2D eigenvalue weighted by atomic mass is 10.0. The van der Waals surface area contributed by atoms with Gasteiger partial charge in [-0.3, -0.25) is 9.69 Å². The summed E-state index contributed by atoms with van der Waals surface area (Å²) in [7, 11) is 2.22. The highest BCUT2D eigenvalue weighted by Gasteiger charge is 2.24. The van der Waals surface area contributed by atoms with Gasteiger partial charge in [0.05, 0.1) is 0 Å². The van der Waals surface area contributed by atoms with Crippen molar-refractivity contribution in [2.75, 3.05) is 26.7 Å². The van der Waals surface area contributed by atoms with Crippen molar-refractivity contribution in [2.24, 2.45) is 0 Å². The van der Waals surface area contributed by atoms with Crippen LogP contribution in [-0.4, -0.2) is 47.5 Å². The number of H-pyrrole nitrogens is 1. The van der Waals surface area contributed by atoms with Gasteiger partial charge in [-0.25, -0.2) is 0 Å². The zero-order chi connectivity index (χ0) is 17.9. The molecule has 4 nitrogen and oxygen atoms in total. The van der Waals surface area contributed by atoms with E-state index in [9.17, 15) is 4.79 Å². The predicted molar refractivity (Wildman–Crippen MR) is 106 cm³/mol. The van der Waals surface area contributed by atoms with E-state index in [4.69, 9.17) is 0 Å². The van der Waals surface area contributed by atoms with E-state index < -0.39 is 0 Å². The Bertz CT molecular complexity index is 935. The summed E-state index contributed by atoms with van der Waals surface area (Å²) in [5.74, 6) is 0. The third-order valence-corrected chi connectivity index (χ3v) is 5.46. The summed E-state index contributed by atoms with van der Waals surface area (Å²) in [4.78, 5) is 19.9. The number of aromatic amines is 1. The van der Waals surface area contributed by atoms with E-state index in [1.165, 1.54) is 11.1 Å². The molecule has 4 rings (SSSR count). The number of hydrogen-bond donors (Lipinski definition) is 1. The second-order valence-corrected chi connectivity index (χ2v) is 7.25. The zero-order valence-electron chi connectivity index (χ0n) is 15.2. The highest BCUT2D eigenvalue weighted by molar-refractivity contribution is 5.84. The van der Waals surface area contributed by atoms with Crippen molar-refractivity contribution in [1.29, 1.82) is 0 Å². The van der Waals surface area contributed by atoms with Gasteiger partial charge < -0.3 is 9.88 Å². The van der Waals surface area contributed by atoms with Gasteiger partial charge in [-0.15, -0.1) is 0 Å². The Morgan fingerprint density at radius 2 is 1.73 bits per heavy atom. The lowest BCUT2D eigenvalue weighted by Crippen LogP contribution is -2.51. The molecular formula is C22H25N3O. The first-order valence-corrected chi connectivity index (χ1v) is 9.26. The summed E-state index contributed by atoms with van der Waals surface area (Å²) in [6.45, 7) is 4.03. The molecule has 1 aliphatic rings. The molecule has 0 saturated carbocycles. The van der Waals surface area contributed by atoms with Gasteiger partial charge >= 0.3 is 0 Å². The lowest BCUT2D eigenvalue weighted by molar-refractivity contribution is 0.0907. The van der Waals surface area contributed by atoms with Crippen molar-refractivity contribution in [2.45, 2.75) is 19.0 Å². The Hall–Kier alpha value is -2.43. The van der Waals surface area contributed by atoms with E-state index >= 15 is 0 Å². The Morgan fingerprint density at radius 1 is 1.00 bits per heavy atom. The minimum atomic E-state index is -0.00955. The normalized spacial score (nSPS) is 19.0. The van der Waals surface area contributed by atoms with E-state index in [2.05, 4.69) is 58.2 Å².